The average Bonchev–Trinajstić information content (AvgIpc) is 3.37. The molecule has 1 aliphatic carbocycles. The summed E-state index contributed by atoms with van der Waals surface area (Å²) in [7, 11) is 4.10. The number of hydrogen-bond acceptors (Lipinski definition) is 4. The van der Waals surface area contributed by atoms with Gasteiger partial charge in [-0.2, -0.15) is 0 Å². The van der Waals surface area contributed by atoms with E-state index in [9.17, 15) is 18.8 Å². The van der Waals surface area contributed by atoms with Crippen LogP contribution in [-0.2, 0) is 27.2 Å². The summed E-state index contributed by atoms with van der Waals surface area (Å²) in [5.74, 6) is -1.03. The Balaban J connectivity index is 1.51. The lowest BCUT2D eigenvalue weighted by atomic mass is 9.87. The molecule has 7 nitrogen and oxygen atoms in total. The minimum atomic E-state index is -0.995. The van der Waals surface area contributed by atoms with Gasteiger partial charge in [-0.1, -0.05) is 50.2 Å². The molecule has 3 amide bonds. The zero-order valence-corrected chi connectivity index (χ0v) is 24.0. The van der Waals surface area contributed by atoms with Crippen LogP contribution >= 0.6 is 0 Å². The fraction of sp³-hybridized carbons (Fsp3) is 0.531. The molecule has 0 bridgehead atoms. The number of benzene rings is 2. The van der Waals surface area contributed by atoms with E-state index in [2.05, 4.69) is 22.3 Å². The Morgan fingerprint density at radius 3 is 2.15 bits per heavy atom. The van der Waals surface area contributed by atoms with Crippen molar-refractivity contribution >= 4 is 17.7 Å². The van der Waals surface area contributed by atoms with Gasteiger partial charge in [-0.05, 0) is 86.9 Å². The van der Waals surface area contributed by atoms with Crippen LogP contribution in [0.15, 0.2) is 48.5 Å². The van der Waals surface area contributed by atoms with E-state index in [1.807, 2.05) is 45.0 Å². The summed E-state index contributed by atoms with van der Waals surface area (Å²) in [6.45, 7) is 5.17. The van der Waals surface area contributed by atoms with Crippen molar-refractivity contribution in [2.24, 2.45) is 11.8 Å². The van der Waals surface area contributed by atoms with Crippen molar-refractivity contribution < 1.29 is 18.8 Å². The van der Waals surface area contributed by atoms with Gasteiger partial charge < -0.3 is 20.0 Å². The number of carbonyl (C=O) groups excluding carboxylic acids is 3. The first kappa shape index (κ1) is 28.3. The number of nitrogens with zero attached hydrogens (tertiary/aromatic N) is 3. The quantitative estimate of drug-likeness (QED) is 0.574. The molecule has 3 unspecified atom stereocenters. The second-order valence-electron chi connectivity index (χ2n) is 12.3. The summed E-state index contributed by atoms with van der Waals surface area (Å²) in [6, 6.07) is 11.8. The van der Waals surface area contributed by atoms with Gasteiger partial charge in [-0.15, -0.1) is 0 Å². The number of piperidine rings is 1. The van der Waals surface area contributed by atoms with Crippen molar-refractivity contribution in [2.75, 3.05) is 27.2 Å². The first-order chi connectivity index (χ1) is 19.1. The molecule has 2 saturated heterocycles. The fourth-order valence-electron chi connectivity index (χ4n) is 6.72. The number of amides is 3. The van der Waals surface area contributed by atoms with Gasteiger partial charge in [-0.3, -0.25) is 14.4 Å². The highest BCUT2D eigenvalue weighted by Gasteiger charge is 2.50. The van der Waals surface area contributed by atoms with Crippen molar-refractivity contribution in [2.45, 2.75) is 70.1 Å². The van der Waals surface area contributed by atoms with Gasteiger partial charge in [0.25, 0.3) is 0 Å². The molecule has 0 spiro atoms. The van der Waals surface area contributed by atoms with E-state index in [4.69, 9.17) is 0 Å². The molecule has 2 heterocycles. The highest BCUT2D eigenvalue weighted by Crippen LogP contribution is 2.36. The first-order valence-electron chi connectivity index (χ1n) is 14.5. The molecule has 40 heavy (non-hydrogen) atoms. The molecular weight excluding hydrogens is 507 g/mol. The van der Waals surface area contributed by atoms with Crippen LogP contribution in [0.2, 0.25) is 0 Å². The van der Waals surface area contributed by atoms with Gasteiger partial charge in [0.05, 0.1) is 0 Å². The Labute approximate surface area is 236 Å². The summed E-state index contributed by atoms with van der Waals surface area (Å²) in [4.78, 5) is 48.1. The molecule has 3 aliphatic rings. The molecule has 2 aromatic carbocycles. The van der Waals surface area contributed by atoms with Crippen molar-refractivity contribution in [1.29, 1.82) is 0 Å². The lowest BCUT2D eigenvalue weighted by Crippen LogP contribution is -2.67. The minimum absolute atomic E-state index is 0.0869. The predicted molar refractivity (Wildman–Crippen MR) is 152 cm³/mol. The second kappa shape index (κ2) is 11.7. The van der Waals surface area contributed by atoms with E-state index in [-0.39, 0.29) is 29.6 Å². The first-order valence-corrected chi connectivity index (χ1v) is 14.5. The summed E-state index contributed by atoms with van der Waals surface area (Å²) in [5, 5.41) is 3.06. The number of nitrogens with one attached hydrogen (secondary N) is 1. The van der Waals surface area contributed by atoms with Gasteiger partial charge in [0.1, 0.15) is 23.9 Å². The number of rotatable bonds is 7. The maximum atomic E-state index is 14.5. The summed E-state index contributed by atoms with van der Waals surface area (Å²) >= 11 is 0. The molecule has 0 saturated carbocycles. The highest BCUT2D eigenvalue weighted by molar-refractivity contribution is 6.00. The largest absolute Gasteiger partial charge is 0.342 e. The lowest BCUT2D eigenvalue weighted by Gasteiger charge is -2.46. The van der Waals surface area contributed by atoms with Crippen LogP contribution in [0.5, 0.6) is 0 Å². The van der Waals surface area contributed by atoms with E-state index in [0.717, 1.165) is 12.8 Å². The third kappa shape index (κ3) is 5.64. The Morgan fingerprint density at radius 2 is 1.60 bits per heavy atom. The van der Waals surface area contributed by atoms with E-state index in [1.54, 1.807) is 17.0 Å². The molecule has 3 atom stereocenters. The van der Waals surface area contributed by atoms with Gasteiger partial charge in [-0.25, -0.2) is 4.39 Å². The normalized spacial score (nSPS) is 23.1. The topological polar surface area (TPSA) is 73.0 Å². The zero-order valence-electron chi connectivity index (χ0n) is 24.0. The van der Waals surface area contributed by atoms with Crippen molar-refractivity contribution in [1.82, 2.24) is 20.0 Å². The fourth-order valence-corrected chi connectivity index (χ4v) is 6.72. The molecule has 5 rings (SSSR count). The molecule has 2 aliphatic heterocycles. The molecule has 2 fully saturated rings. The number of carbonyl (C=O) groups is 3. The summed E-state index contributed by atoms with van der Waals surface area (Å²) in [6.07, 6.45) is 3.50. The smallest absolute Gasteiger partial charge is 0.250 e. The van der Waals surface area contributed by atoms with Crippen LogP contribution in [0.4, 0.5) is 4.39 Å². The monoisotopic (exact) mass is 548 g/mol. The Morgan fingerprint density at radius 1 is 1.00 bits per heavy atom. The van der Waals surface area contributed by atoms with E-state index in [0.29, 0.717) is 44.0 Å². The van der Waals surface area contributed by atoms with Crippen molar-refractivity contribution in [3.8, 4) is 0 Å². The maximum absolute atomic E-state index is 14.5. The van der Waals surface area contributed by atoms with Gasteiger partial charge in [0.2, 0.25) is 17.7 Å². The van der Waals surface area contributed by atoms with Crippen LogP contribution in [0.25, 0.3) is 0 Å². The number of likely N-dealkylation sites (tertiary alicyclic amines) is 1. The van der Waals surface area contributed by atoms with Crippen LogP contribution in [0, 0.1) is 17.7 Å². The van der Waals surface area contributed by atoms with Crippen LogP contribution in [0.1, 0.15) is 55.8 Å². The summed E-state index contributed by atoms with van der Waals surface area (Å²) < 4.78 is 14.0. The zero-order chi connectivity index (χ0) is 28.6. The maximum Gasteiger partial charge on any atom is 0.250 e. The van der Waals surface area contributed by atoms with Crippen LogP contribution < -0.4 is 5.32 Å². The highest BCUT2D eigenvalue weighted by atomic mass is 19.1. The molecule has 1 N–H and O–H groups in total. The second-order valence-corrected chi connectivity index (χ2v) is 12.3. The van der Waals surface area contributed by atoms with Gasteiger partial charge in [0.15, 0.2) is 0 Å². The molecule has 8 heteroatoms. The number of halogens is 1. The SMILES string of the molecule is CC(C)CC1C(=O)NC(C2Cc3ccccc3C2)C(=O)N1C(C(=O)N1CCC(N(C)C)CC1)c1ccc(F)cc1. The van der Waals surface area contributed by atoms with E-state index in [1.165, 1.54) is 23.3 Å². The van der Waals surface area contributed by atoms with Gasteiger partial charge >= 0.3 is 0 Å². The Hall–Kier alpha value is -3.26. The van der Waals surface area contributed by atoms with Crippen molar-refractivity contribution in [3.05, 3.63) is 71.0 Å². The lowest BCUT2D eigenvalue weighted by molar-refractivity contribution is -0.160. The number of piperazine rings is 1. The Kier molecular flexibility index (Phi) is 8.26. The van der Waals surface area contributed by atoms with Crippen molar-refractivity contribution in [3.63, 3.8) is 0 Å². The summed E-state index contributed by atoms with van der Waals surface area (Å²) in [5.41, 5.74) is 2.92. The average molecular weight is 549 g/mol. The molecule has 214 valence electrons. The third-order valence-corrected chi connectivity index (χ3v) is 8.91. The van der Waals surface area contributed by atoms with Crippen LogP contribution in [0.3, 0.4) is 0 Å². The minimum Gasteiger partial charge on any atom is -0.342 e. The van der Waals surface area contributed by atoms with Crippen LogP contribution in [-0.4, -0.2) is 77.7 Å². The standard InChI is InChI=1S/C32H41FN4O3/c1-20(2)17-27-30(38)34-28(24-18-22-7-5-6-8-23(22)19-24)31(39)37(27)29(21-9-11-25(33)12-10-21)32(40)36-15-13-26(14-16-36)35(3)4/h5-12,20,24,26-29H,13-19H2,1-4H3,(H,34,38). The van der Waals surface area contributed by atoms with E-state index < -0.39 is 23.9 Å². The molecule has 0 aromatic heterocycles. The molecular formula is C32H41FN4O3. The number of hydrogen-bond donors (Lipinski definition) is 1. The van der Waals surface area contributed by atoms with E-state index >= 15 is 0 Å². The van der Waals surface area contributed by atoms with Gasteiger partial charge in [0, 0.05) is 19.1 Å². The number of fused-ring (bicyclic) bond motifs is 1. The predicted octanol–water partition coefficient (Wildman–Crippen LogP) is 3.58. The molecule has 0 radical (unpaired) electrons. The molecule has 2 aromatic rings. The Bertz CT molecular complexity index is 1210. The third-order valence-electron chi connectivity index (χ3n) is 8.91.